The molecule has 0 saturated heterocycles. The zero-order valence-electron chi connectivity index (χ0n) is 7.40. The van der Waals surface area contributed by atoms with Crippen LogP contribution in [-0.4, -0.2) is 4.98 Å². The third kappa shape index (κ3) is 1.41. The van der Waals surface area contributed by atoms with Crippen LogP contribution < -0.4 is 5.43 Å². The second-order valence-corrected chi connectivity index (χ2v) is 3.95. The smallest absolute Gasteiger partial charge is 0.207 e. The second-order valence-electron chi connectivity index (χ2n) is 3.11. The van der Waals surface area contributed by atoms with Crippen molar-refractivity contribution in [3.05, 3.63) is 44.2 Å². The van der Waals surface area contributed by atoms with E-state index in [4.69, 9.17) is 23.2 Å². The van der Waals surface area contributed by atoms with Gasteiger partial charge in [0.05, 0.1) is 5.52 Å². The summed E-state index contributed by atoms with van der Waals surface area (Å²) < 4.78 is 0. The summed E-state index contributed by atoms with van der Waals surface area (Å²) in [5.41, 5.74) is 1.52. The predicted molar refractivity (Wildman–Crippen MR) is 59.3 cm³/mol. The number of benzene rings is 1. The van der Waals surface area contributed by atoms with Crippen molar-refractivity contribution >= 4 is 34.1 Å². The van der Waals surface area contributed by atoms with Crippen LogP contribution in [-0.2, 0) is 0 Å². The van der Waals surface area contributed by atoms with Crippen LogP contribution in [0.5, 0.6) is 0 Å². The van der Waals surface area contributed by atoms with Crippen molar-refractivity contribution in [3.8, 4) is 0 Å². The van der Waals surface area contributed by atoms with E-state index in [1.807, 2.05) is 6.92 Å². The molecule has 14 heavy (non-hydrogen) atoms. The van der Waals surface area contributed by atoms with Gasteiger partial charge in [-0.2, -0.15) is 0 Å². The highest BCUT2D eigenvalue weighted by molar-refractivity contribution is 6.32. The Morgan fingerprint density at radius 3 is 2.71 bits per heavy atom. The van der Waals surface area contributed by atoms with Crippen LogP contribution in [0.3, 0.4) is 0 Å². The van der Waals surface area contributed by atoms with Gasteiger partial charge in [0.2, 0.25) is 5.43 Å². The molecule has 0 fully saturated rings. The lowest BCUT2D eigenvalue weighted by Crippen LogP contribution is -2.03. The molecule has 1 heterocycles. The Morgan fingerprint density at radius 1 is 1.29 bits per heavy atom. The number of aryl methyl sites for hydroxylation is 1. The molecule has 0 spiro atoms. The van der Waals surface area contributed by atoms with Gasteiger partial charge in [-0.1, -0.05) is 23.2 Å². The van der Waals surface area contributed by atoms with Gasteiger partial charge in [0.25, 0.3) is 0 Å². The van der Waals surface area contributed by atoms with Crippen molar-refractivity contribution in [2.75, 3.05) is 0 Å². The zero-order valence-corrected chi connectivity index (χ0v) is 8.91. The number of aromatic nitrogens is 1. The van der Waals surface area contributed by atoms with E-state index in [0.717, 1.165) is 11.1 Å². The molecule has 4 heteroatoms. The zero-order chi connectivity index (χ0) is 10.3. The molecule has 0 saturated carbocycles. The summed E-state index contributed by atoms with van der Waals surface area (Å²) in [5, 5.41) is 1.25. The number of hydrogen-bond acceptors (Lipinski definition) is 1. The van der Waals surface area contributed by atoms with Crippen molar-refractivity contribution in [1.82, 2.24) is 4.98 Å². The molecule has 0 aliphatic carbocycles. The fraction of sp³-hybridized carbons (Fsp3) is 0.100. The molecule has 1 aromatic heterocycles. The van der Waals surface area contributed by atoms with Gasteiger partial charge in [-0.3, -0.25) is 4.79 Å². The van der Waals surface area contributed by atoms with Gasteiger partial charge in [0.1, 0.15) is 5.02 Å². The van der Waals surface area contributed by atoms with E-state index < -0.39 is 0 Å². The van der Waals surface area contributed by atoms with Crippen molar-refractivity contribution in [2.24, 2.45) is 0 Å². The molecule has 2 rings (SSSR count). The first-order valence-electron chi connectivity index (χ1n) is 4.06. The van der Waals surface area contributed by atoms with E-state index in [-0.39, 0.29) is 10.5 Å². The number of halogens is 2. The molecule has 0 unspecified atom stereocenters. The molecule has 1 aromatic carbocycles. The van der Waals surface area contributed by atoms with E-state index in [1.165, 1.54) is 6.20 Å². The maximum atomic E-state index is 11.6. The summed E-state index contributed by atoms with van der Waals surface area (Å²) in [5.74, 6) is 0. The highest BCUT2D eigenvalue weighted by Crippen LogP contribution is 2.20. The topological polar surface area (TPSA) is 32.9 Å². The largest absolute Gasteiger partial charge is 0.359 e. The molecular weight excluding hydrogens is 221 g/mol. The van der Waals surface area contributed by atoms with Crippen molar-refractivity contribution in [1.29, 1.82) is 0 Å². The lowest BCUT2D eigenvalue weighted by molar-refractivity contribution is 1.35. The second kappa shape index (κ2) is 3.30. The van der Waals surface area contributed by atoms with Gasteiger partial charge in [0.15, 0.2) is 0 Å². The number of nitrogens with one attached hydrogen (secondary N) is 1. The average molecular weight is 228 g/mol. The summed E-state index contributed by atoms with van der Waals surface area (Å²) in [6.07, 6.45) is 1.49. The molecule has 2 nitrogen and oxygen atoms in total. The van der Waals surface area contributed by atoms with Gasteiger partial charge < -0.3 is 4.98 Å². The molecule has 72 valence electrons. The Hall–Kier alpha value is -0.990. The fourth-order valence-electron chi connectivity index (χ4n) is 1.44. The van der Waals surface area contributed by atoms with Crippen LogP contribution in [0.1, 0.15) is 5.56 Å². The third-order valence-electron chi connectivity index (χ3n) is 2.11. The minimum Gasteiger partial charge on any atom is -0.359 e. The van der Waals surface area contributed by atoms with E-state index in [2.05, 4.69) is 4.98 Å². The monoisotopic (exact) mass is 227 g/mol. The van der Waals surface area contributed by atoms with Gasteiger partial charge in [-0.15, -0.1) is 0 Å². The molecule has 0 aliphatic heterocycles. The number of fused-ring (bicyclic) bond motifs is 1. The van der Waals surface area contributed by atoms with Crippen LogP contribution in [0, 0.1) is 6.92 Å². The lowest BCUT2D eigenvalue weighted by atomic mass is 10.1. The predicted octanol–water partition coefficient (Wildman–Crippen LogP) is 3.14. The van der Waals surface area contributed by atoms with E-state index in [9.17, 15) is 4.79 Å². The molecule has 0 bridgehead atoms. The van der Waals surface area contributed by atoms with E-state index in [1.54, 1.807) is 12.1 Å². The van der Waals surface area contributed by atoms with Gasteiger partial charge in [0, 0.05) is 16.6 Å². The Balaban J connectivity index is 3.03. The number of H-pyrrole nitrogens is 1. The van der Waals surface area contributed by atoms with Gasteiger partial charge in [-0.25, -0.2) is 0 Å². The molecule has 0 atom stereocenters. The maximum Gasteiger partial charge on any atom is 0.207 e. The fourth-order valence-corrected chi connectivity index (χ4v) is 1.87. The number of pyridine rings is 1. The third-order valence-corrected chi connectivity index (χ3v) is 2.60. The highest BCUT2D eigenvalue weighted by atomic mass is 35.5. The molecule has 2 aromatic rings. The number of rotatable bonds is 0. The quantitative estimate of drug-likeness (QED) is 0.738. The van der Waals surface area contributed by atoms with E-state index in [0.29, 0.717) is 10.4 Å². The van der Waals surface area contributed by atoms with Crippen LogP contribution in [0.4, 0.5) is 0 Å². The summed E-state index contributed by atoms with van der Waals surface area (Å²) in [7, 11) is 0. The number of hydrogen-bond donors (Lipinski definition) is 1. The van der Waals surface area contributed by atoms with Crippen LogP contribution >= 0.6 is 23.2 Å². The summed E-state index contributed by atoms with van der Waals surface area (Å²) in [6, 6.07) is 3.42. The Bertz CT molecular complexity index is 560. The molecular formula is C10H7Cl2NO. The van der Waals surface area contributed by atoms with Crippen molar-refractivity contribution < 1.29 is 0 Å². The SMILES string of the molecule is Cc1cc(Cl)cc2c(=O)c(Cl)c[nH]c12. The van der Waals surface area contributed by atoms with Crippen LogP contribution in [0.15, 0.2) is 23.1 Å². The minimum absolute atomic E-state index is 0.180. The maximum absolute atomic E-state index is 11.6. The molecule has 1 N–H and O–H groups in total. The highest BCUT2D eigenvalue weighted by Gasteiger charge is 2.05. The van der Waals surface area contributed by atoms with Gasteiger partial charge in [-0.05, 0) is 24.6 Å². The summed E-state index contributed by atoms with van der Waals surface area (Å²) in [4.78, 5) is 14.6. The van der Waals surface area contributed by atoms with Crippen molar-refractivity contribution in [2.45, 2.75) is 6.92 Å². The first-order valence-corrected chi connectivity index (χ1v) is 4.82. The standard InChI is InChI=1S/C10H7Cl2NO/c1-5-2-6(11)3-7-9(5)13-4-8(12)10(7)14/h2-4H,1H3,(H,13,14). The van der Waals surface area contributed by atoms with Crippen LogP contribution in [0.25, 0.3) is 10.9 Å². The summed E-state index contributed by atoms with van der Waals surface area (Å²) in [6.45, 7) is 1.89. The summed E-state index contributed by atoms with van der Waals surface area (Å²) >= 11 is 11.6. The minimum atomic E-state index is -0.189. The Kier molecular flexibility index (Phi) is 2.25. The Morgan fingerprint density at radius 2 is 2.00 bits per heavy atom. The van der Waals surface area contributed by atoms with Crippen molar-refractivity contribution in [3.63, 3.8) is 0 Å². The van der Waals surface area contributed by atoms with Gasteiger partial charge >= 0.3 is 0 Å². The van der Waals surface area contributed by atoms with Crippen LogP contribution in [0.2, 0.25) is 10.0 Å². The molecule has 0 radical (unpaired) electrons. The normalized spacial score (nSPS) is 10.8. The van der Waals surface area contributed by atoms with E-state index >= 15 is 0 Å². The first-order chi connectivity index (χ1) is 6.59. The number of aromatic amines is 1. The average Bonchev–Trinajstić information content (AvgIpc) is 2.12. The first kappa shape index (κ1) is 9.56. The Labute approximate surface area is 90.5 Å². The molecule has 0 amide bonds. The molecule has 0 aliphatic rings. The lowest BCUT2D eigenvalue weighted by Gasteiger charge is -2.02.